The van der Waals surface area contributed by atoms with Gasteiger partial charge >= 0.3 is 0 Å². The molecule has 0 saturated carbocycles. The lowest BCUT2D eigenvalue weighted by Crippen LogP contribution is -2.36. The molecule has 0 saturated heterocycles. The summed E-state index contributed by atoms with van der Waals surface area (Å²) in [7, 11) is 1.70. The minimum atomic E-state index is 0.263. The summed E-state index contributed by atoms with van der Waals surface area (Å²) in [6, 6.07) is 8.43. The first-order valence-corrected chi connectivity index (χ1v) is 5.90. The van der Waals surface area contributed by atoms with Crippen molar-refractivity contribution in [3.05, 3.63) is 29.3 Å². The smallest absolute Gasteiger partial charge is 0.101 e. The summed E-state index contributed by atoms with van der Waals surface area (Å²) < 4.78 is 5.19. The second kappa shape index (κ2) is 6.27. The number of nitriles is 1. The second-order valence-electron chi connectivity index (χ2n) is 4.22. The van der Waals surface area contributed by atoms with Crippen LogP contribution in [0.4, 0.5) is 5.69 Å². The molecule has 1 atom stereocenters. The average Bonchev–Trinajstić information content (AvgIpc) is 2.31. The van der Waals surface area contributed by atoms with E-state index in [0.717, 1.165) is 17.8 Å². The van der Waals surface area contributed by atoms with E-state index in [9.17, 15) is 0 Å². The largest absolute Gasteiger partial charge is 0.383 e. The number of aryl methyl sites for hydroxylation is 1. The van der Waals surface area contributed by atoms with E-state index in [1.807, 2.05) is 19.1 Å². The molecule has 17 heavy (non-hydrogen) atoms. The van der Waals surface area contributed by atoms with Gasteiger partial charge in [0.05, 0.1) is 17.9 Å². The zero-order valence-electron chi connectivity index (χ0n) is 11.0. The van der Waals surface area contributed by atoms with Crippen LogP contribution in [0.25, 0.3) is 0 Å². The van der Waals surface area contributed by atoms with Crippen LogP contribution in [-0.2, 0) is 4.74 Å². The molecule has 1 unspecified atom stereocenters. The van der Waals surface area contributed by atoms with Crippen molar-refractivity contribution in [2.45, 2.75) is 26.8 Å². The Morgan fingerprint density at radius 1 is 1.47 bits per heavy atom. The first kappa shape index (κ1) is 13.5. The fourth-order valence-corrected chi connectivity index (χ4v) is 2.02. The van der Waals surface area contributed by atoms with Gasteiger partial charge in [-0.3, -0.25) is 0 Å². The Kier molecular flexibility index (Phi) is 4.99. The van der Waals surface area contributed by atoms with E-state index in [1.54, 1.807) is 7.11 Å². The van der Waals surface area contributed by atoms with Crippen LogP contribution < -0.4 is 4.90 Å². The molecule has 3 heteroatoms. The summed E-state index contributed by atoms with van der Waals surface area (Å²) in [5.41, 5.74) is 2.89. The van der Waals surface area contributed by atoms with Crippen LogP contribution >= 0.6 is 0 Å². The Hall–Kier alpha value is -1.53. The van der Waals surface area contributed by atoms with Crippen molar-refractivity contribution in [3.63, 3.8) is 0 Å². The van der Waals surface area contributed by atoms with E-state index in [1.165, 1.54) is 5.56 Å². The number of benzene rings is 1. The lowest BCUT2D eigenvalue weighted by molar-refractivity contribution is 0.182. The van der Waals surface area contributed by atoms with Gasteiger partial charge in [-0.15, -0.1) is 0 Å². The van der Waals surface area contributed by atoms with Crippen molar-refractivity contribution in [2.75, 3.05) is 25.2 Å². The van der Waals surface area contributed by atoms with Crippen LogP contribution in [0.5, 0.6) is 0 Å². The van der Waals surface area contributed by atoms with Crippen LogP contribution in [0.15, 0.2) is 18.2 Å². The summed E-state index contributed by atoms with van der Waals surface area (Å²) in [6.07, 6.45) is 0. The maximum Gasteiger partial charge on any atom is 0.101 e. The maximum absolute atomic E-state index is 9.16. The Morgan fingerprint density at radius 2 is 2.18 bits per heavy atom. The highest BCUT2D eigenvalue weighted by Gasteiger charge is 2.16. The number of likely N-dealkylation sites (N-methyl/N-ethyl adjacent to an activating group) is 1. The molecule has 3 nitrogen and oxygen atoms in total. The Morgan fingerprint density at radius 3 is 2.71 bits per heavy atom. The van der Waals surface area contributed by atoms with Crippen LogP contribution in [0.2, 0.25) is 0 Å². The Labute approximate surface area is 104 Å². The zero-order chi connectivity index (χ0) is 12.8. The van der Waals surface area contributed by atoms with Gasteiger partial charge in [0, 0.05) is 19.7 Å². The molecule has 92 valence electrons. The summed E-state index contributed by atoms with van der Waals surface area (Å²) in [5, 5.41) is 9.16. The third-order valence-electron chi connectivity index (χ3n) is 2.86. The quantitative estimate of drug-likeness (QED) is 0.783. The van der Waals surface area contributed by atoms with Crippen LogP contribution in [0.3, 0.4) is 0 Å². The van der Waals surface area contributed by atoms with E-state index >= 15 is 0 Å². The van der Waals surface area contributed by atoms with Crippen molar-refractivity contribution < 1.29 is 4.74 Å². The van der Waals surface area contributed by atoms with E-state index < -0.39 is 0 Å². The summed E-state index contributed by atoms with van der Waals surface area (Å²) in [6.45, 7) is 7.76. The molecule has 0 aliphatic rings. The lowest BCUT2D eigenvalue weighted by Gasteiger charge is -2.30. The van der Waals surface area contributed by atoms with Crippen molar-refractivity contribution in [1.29, 1.82) is 5.26 Å². The molecule has 0 N–H and O–H groups in total. The van der Waals surface area contributed by atoms with Crippen LogP contribution in [0, 0.1) is 18.3 Å². The van der Waals surface area contributed by atoms with Gasteiger partial charge in [0.1, 0.15) is 6.07 Å². The second-order valence-corrected chi connectivity index (χ2v) is 4.22. The number of hydrogen-bond donors (Lipinski definition) is 0. The van der Waals surface area contributed by atoms with E-state index in [4.69, 9.17) is 10.00 Å². The van der Waals surface area contributed by atoms with Gasteiger partial charge in [-0.1, -0.05) is 6.07 Å². The summed E-state index contributed by atoms with van der Waals surface area (Å²) >= 11 is 0. The number of rotatable bonds is 5. The van der Waals surface area contributed by atoms with Crippen molar-refractivity contribution in [1.82, 2.24) is 0 Å². The van der Waals surface area contributed by atoms with Gasteiger partial charge in [0.25, 0.3) is 0 Å². The topological polar surface area (TPSA) is 36.3 Å². The molecule has 1 aromatic carbocycles. The summed E-state index contributed by atoms with van der Waals surface area (Å²) in [4.78, 5) is 2.20. The van der Waals surface area contributed by atoms with Gasteiger partial charge in [-0.25, -0.2) is 0 Å². The normalized spacial score (nSPS) is 11.9. The zero-order valence-corrected chi connectivity index (χ0v) is 11.0. The average molecular weight is 232 g/mol. The molecular formula is C14H20N2O. The van der Waals surface area contributed by atoms with Gasteiger partial charge in [0.2, 0.25) is 0 Å². The monoisotopic (exact) mass is 232 g/mol. The molecule has 0 heterocycles. The van der Waals surface area contributed by atoms with Gasteiger partial charge in [0.15, 0.2) is 0 Å². The number of ether oxygens (including phenoxy) is 1. The minimum absolute atomic E-state index is 0.263. The van der Waals surface area contributed by atoms with Gasteiger partial charge in [-0.2, -0.15) is 5.26 Å². The van der Waals surface area contributed by atoms with Crippen molar-refractivity contribution in [3.8, 4) is 6.07 Å². The molecule has 0 radical (unpaired) electrons. The highest BCUT2D eigenvalue weighted by atomic mass is 16.5. The Bertz CT molecular complexity index is 409. The molecule has 1 rings (SSSR count). The predicted molar refractivity (Wildman–Crippen MR) is 70.3 cm³/mol. The van der Waals surface area contributed by atoms with Gasteiger partial charge < -0.3 is 9.64 Å². The number of nitrogens with zero attached hydrogens (tertiary/aromatic N) is 2. The molecule has 0 aliphatic carbocycles. The first-order chi connectivity index (χ1) is 8.13. The molecule has 0 spiro atoms. The van der Waals surface area contributed by atoms with Crippen molar-refractivity contribution >= 4 is 5.69 Å². The fraction of sp³-hybridized carbons (Fsp3) is 0.500. The molecule has 0 amide bonds. The minimum Gasteiger partial charge on any atom is -0.383 e. The fourth-order valence-electron chi connectivity index (χ4n) is 2.02. The van der Waals surface area contributed by atoms with E-state index in [2.05, 4.69) is 30.9 Å². The maximum atomic E-state index is 9.16. The predicted octanol–water partition coefficient (Wildman–Crippen LogP) is 2.73. The van der Waals surface area contributed by atoms with Crippen LogP contribution in [-0.4, -0.2) is 26.3 Å². The number of hydrogen-bond acceptors (Lipinski definition) is 3. The highest BCUT2D eigenvalue weighted by molar-refractivity contribution is 5.61. The third-order valence-corrected chi connectivity index (χ3v) is 2.86. The van der Waals surface area contributed by atoms with E-state index in [0.29, 0.717) is 6.61 Å². The van der Waals surface area contributed by atoms with Gasteiger partial charge in [-0.05, 0) is 38.5 Å². The van der Waals surface area contributed by atoms with Crippen LogP contribution in [0.1, 0.15) is 25.0 Å². The van der Waals surface area contributed by atoms with Crippen molar-refractivity contribution in [2.24, 2.45) is 0 Å². The number of anilines is 1. The molecule has 1 aromatic rings. The lowest BCUT2D eigenvalue weighted by atomic mass is 10.1. The third kappa shape index (κ3) is 3.21. The first-order valence-electron chi connectivity index (χ1n) is 5.90. The summed E-state index contributed by atoms with van der Waals surface area (Å²) in [5.74, 6) is 0. The molecule has 0 fully saturated rings. The van der Waals surface area contributed by atoms with E-state index in [-0.39, 0.29) is 6.04 Å². The molecule has 0 aromatic heterocycles. The standard InChI is InChI=1S/C14H20N2O/c1-5-16(12(3)10-17-4)14-8-11(2)6-7-13(14)9-15/h6-8,12H,5,10H2,1-4H3. The molecular weight excluding hydrogens is 212 g/mol. The SMILES string of the molecule is CCN(c1cc(C)ccc1C#N)C(C)COC. The number of methoxy groups -OCH3 is 1. The highest BCUT2D eigenvalue weighted by Crippen LogP contribution is 2.23. The Balaban J connectivity index is 3.10. The molecule has 0 aliphatic heterocycles. The molecule has 0 bridgehead atoms.